The quantitative estimate of drug-likeness (QED) is 0.464. The average molecular weight is 347 g/mol. The van der Waals surface area contributed by atoms with Gasteiger partial charge in [0.25, 0.3) is 0 Å². The SMILES string of the molecule is CC(=O)N[C@@H](CCO)C(=O)N[C@@H](Cc1c[nH]c2ccccc12)C(=O)O. The van der Waals surface area contributed by atoms with E-state index in [1.165, 1.54) is 6.92 Å². The number of carbonyl (C=O) groups is 3. The molecule has 2 rings (SSSR count). The number of amides is 2. The number of aliphatic hydroxyl groups is 1. The molecule has 8 nitrogen and oxygen atoms in total. The lowest BCUT2D eigenvalue weighted by molar-refractivity contribution is -0.142. The second-order valence-electron chi connectivity index (χ2n) is 5.73. The van der Waals surface area contributed by atoms with Crippen LogP contribution in [0.5, 0.6) is 0 Å². The first-order valence-corrected chi connectivity index (χ1v) is 7.88. The Morgan fingerprint density at radius 1 is 1.16 bits per heavy atom. The zero-order valence-corrected chi connectivity index (χ0v) is 13.8. The monoisotopic (exact) mass is 347 g/mol. The number of nitrogens with one attached hydrogen (secondary N) is 3. The maximum atomic E-state index is 12.3. The molecule has 1 aromatic carbocycles. The van der Waals surface area contributed by atoms with E-state index in [0.29, 0.717) is 0 Å². The molecule has 0 bridgehead atoms. The van der Waals surface area contributed by atoms with Crippen LogP contribution in [0.4, 0.5) is 0 Å². The molecule has 1 aromatic heterocycles. The number of para-hydroxylation sites is 1. The van der Waals surface area contributed by atoms with Gasteiger partial charge in [-0.1, -0.05) is 18.2 Å². The number of carboxylic acid groups (broad SMARTS) is 1. The van der Waals surface area contributed by atoms with E-state index >= 15 is 0 Å². The second kappa shape index (κ2) is 8.29. The zero-order chi connectivity index (χ0) is 18.4. The number of H-pyrrole nitrogens is 1. The molecule has 0 fully saturated rings. The predicted molar refractivity (Wildman–Crippen MR) is 90.9 cm³/mol. The van der Waals surface area contributed by atoms with Crippen molar-refractivity contribution in [2.45, 2.75) is 31.8 Å². The van der Waals surface area contributed by atoms with Crippen molar-refractivity contribution in [3.63, 3.8) is 0 Å². The van der Waals surface area contributed by atoms with Crippen molar-refractivity contribution < 1.29 is 24.6 Å². The molecule has 0 saturated carbocycles. The van der Waals surface area contributed by atoms with Crippen LogP contribution >= 0.6 is 0 Å². The number of fused-ring (bicyclic) bond motifs is 1. The first-order valence-electron chi connectivity index (χ1n) is 7.88. The summed E-state index contributed by atoms with van der Waals surface area (Å²) in [6.07, 6.45) is 1.81. The van der Waals surface area contributed by atoms with Crippen molar-refractivity contribution >= 4 is 28.7 Å². The van der Waals surface area contributed by atoms with Gasteiger partial charge in [0.15, 0.2) is 0 Å². The number of aromatic nitrogens is 1. The van der Waals surface area contributed by atoms with Crippen LogP contribution in [0.3, 0.4) is 0 Å². The normalized spacial score (nSPS) is 13.2. The van der Waals surface area contributed by atoms with Gasteiger partial charge in [0.1, 0.15) is 12.1 Å². The van der Waals surface area contributed by atoms with Gasteiger partial charge in [0.05, 0.1) is 0 Å². The van der Waals surface area contributed by atoms with Crippen molar-refractivity contribution in [1.82, 2.24) is 15.6 Å². The standard InChI is InChI=1S/C17H21N3O5/c1-10(22)19-14(6-7-21)16(23)20-15(17(24)25)8-11-9-18-13-5-3-2-4-12(11)13/h2-5,9,14-15,18,21H,6-8H2,1H3,(H,19,22)(H,20,23)(H,24,25)/t14-,15-/m0/s1. The Hall–Kier alpha value is -2.87. The van der Waals surface area contributed by atoms with E-state index in [0.717, 1.165) is 16.5 Å². The largest absolute Gasteiger partial charge is 0.480 e. The van der Waals surface area contributed by atoms with Gasteiger partial charge < -0.3 is 25.8 Å². The number of carbonyl (C=O) groups excluding carboxylic acids is 2. The van der Waals surface area contributed by atoms with E-state index in [4.69, 9.17) is 5.11 Å². The smallest absolute Gasteiger partial charge is 0.326 e. The lowest BCUT2D eigenvalue weighted by atomic mass is 10.0. The number of carboxylic acids is 1. The van der Waals surface area contributed by atoms with E-state index in [9.17, 15) is 19.5 Å². The van der Waals surface area contributed by atoms with Gasteiger partial charge in [-0.3, -0.25) is 9.59 Å². The van der Waals surface area contributed by atoms with Gasteiger partial charge in [0.2, 0.25) is 11.8 Å². The van der Waals surface area contributed by atoms with E-state index in [2.05, 4.69) is 15.6 Å². The Bertz CT molecular complexity index is 770. The van der Waals surface area contributed by atoms with Crippen LogP contribution in [0.25, 0.3) is 10.9 Å². The molecule has 5 N–H and O–H groups in total. The molecule has 2 aromatic rings. The molecule has 2 amide bonds. The topological polar surface area (TPSA) is 132 Å². The lowest BCUT2D eigenvalue weighted by Crippen LogP contribution is -2.52. The third-order valence-electron chi connectivity index (χ3n) is 3.83. The van der Waals surface area contributed by atoms with Gasteiger partial charge >= 0.3 is 5.97 Å². The van der Waals surface area contributed by atoms with Crippen molar-refractivity contribution in [2.75, 3.05) is 6.61 Å². The summed E-state index contributed by atoms with van der Waals surface area (Å²) in [5, 5.41) is 24.2. The van der Waals surface area contributed by atoms with Gasteiger partial charge in [-0.25, -0.2) is 4.79 Å². The summed E-state index contributed by atoms with van der Waals surface area (Å²) in [6, 6.07) is 5.33. The molecule has 8 heteroatoms. The van der Waals surface area contributed by atoms with Crippen molar-refractivity contribution in [3.8, 4) is 0 Å². The van der Waals surface area contributed by atoms with Crippen LogP contribution in [-0.4, -0.2) is 51.7 Å². The maximum absolute atomic E-state index is 12.3. The summed E-state index contributed by atoms with van der Waals surface area (Å²) in [5.41, 5.74) is 1.64. The highest BCUT2D eigenvalue weighted by Crippen LogP contribution is 2.19. The number of rotatable bonds is 8. The van der Waals surface area contributed by atoms with Crippen molar-refractivity contribution in [1.29, 1.82) is 0 Å². The van der Waals surface area contributed by atoms with Crippen LogP contribution in [0.15, 0.2) is 30.5 Å². The average Bonchev–Trinajstić information content (AvgIpc) is 2.96. The fraction of sp³-hybridized carbons (Fsp3) is 0.353. The molecular formula is C17H21N3O5. The number of benzene rings is 1. The van der Waals surface area contributed by atoms with E-state index in [1.807, 2.05) is 24.3 Å². The predicted octanol–water partition coefficient (Wildman–Crippen LogP) is 0.167. The van der Waals surface area contributed by atoms with Crippen LogP contribution in [0.2, 0.25) is 0 Å². The highest BCUT2D eigenvalue weighted by atomic mass is 16.4. The Kier molecular flexibility index (Phi) is 6.13. The Balaban J connectivity index is 2.13. The van der Waals surface area contributed by atoms with E-state index in [-0.39, 0.29) is 19.4 Å². The van der Waals surface area contributed by atoms with E-state index in [1.54, 1.807) is 6.20 Å². The summed E-state index contributed by atoms with van der Waals surface area (Å²) in [5.74, 6) is -2.25. The molecule has 0 spiro atoms. The highest BCUT2D eigenvalue weighted by Gasteiger charge is 2.26. The lowest BCUT2D eigenvalue weighted by Gasteiger charge is -2.20. The van der Waals surface area contributed by atoms with Gasteiger partial charge in [0, 0.05) is 37.1 Å². The molecule has 25 heavy (non-hydrogen) atoms. The van der Waals surface area contributed by atoms with Gasteiger partial charge in [-0.05, 0) is 18.1 Å². The third-order valence-corrected chi connectivity index (χ3v) is 3.83. The molecule has 0 unspecified atom stereocenters. The highest BCUT2D eigenvalue weighted by molar-refractivity contribution is 5.90. The number of aromatic amines is 1. The van der Waals surface area contributed by atoms with Crippen molar-refractivity contribution in [3.05, 3.63) is 36.0 Å². The number of hydrogen-bond donors (Lipinski definition) is 5. The first kappa shape index (κ1) is 18.5. The minimum atomic E-state index is -1.18. The summed E-state index contributed by atoms with van der Waals surface area (Å²) in [4.78, 5) is 38.0. The molecule has 134 valence electrons. The van der Waals surface area contributed by atoms with Crippen molar-refractivity contribution in [2.24, 2.45) is 0 Å². The van der Waals surface area contributed by atoms with Crippen LogP contribution < -0.4 is 10.6 Å². The van der Waals surface area contributed by atoms with Gasteiger partial charge in [-0.2, -0.15) is 0 Å². The third kappa shape index (κ3) is 4.80. The van der Waals surface area contributed by atoms with Crippen LogP contribution in [0.1, 0.15) is 18.9 Å². The minimum Gasteiger partial charge on any atom is -0.480 e. The Labute approximate surface area is 144 Å². The zero-order valence-electron chi connectivity index (χ0n) is 13.8. The fourth-order valence-corrected chi connectivity index (χ4v) is 2.64. The van der Waals surface area contributed by atoms with E-state index < -0.39 is 29.9 Å². The summed E-state index contributed by atoms with van der Waals surface area (Å²) < 4.78 is 0. The molecule has 2 atom stereocenters. The second-order valence-corrected chi connectivity index (χ2v) is 5.73. The number of aliphatic carboxylic acids is 1. The minimum absolute atomic E-state index is 0.00480. The fourth-order valence-electron chi connectivity index (χ4n) is 2.64. The maximum Gasteiger partial charge on any atom is 0.326 e. The molecule has 0 radical (unpaired) electrons. The molecule has 1 heterocycles. The molecule has 0 saturated heterocycles. The van der Waals surface area contributed by atoms with Crippen LogP contribution in [-0.2, 0) is 20.8 Å². The summed E-state index contributed by atoms with van der Waals surface area (Å²) in [7, 11) is 0. The summed E-state index contributed by atoms with van der Waals surface area (Å²) >= 11 is 0. The molecule has 0 aliphatic carbocycles. The number of hydrogen-bond acceptors (Lipinski definition) is 4. The Morgan fingerprint density at radius 2 is 1.88 bits per heavy atom. The molecule has 0 aliphatic heterocycles. The number of aliphatic hydroxyl groups excluding tert-OH is 1. The Morgan fingerprint density at radius 3 is 2.52 bits per heavy atom. The molecular weight excluding hydrogens is 326 g/mol. The summed E-state index contributed by atoms with van der Waals surface area (Å²) in [6.45, 7) is 0.941. The first-order chi connectivity index (χ1) is 11.9. The molecule has 0 aliphatic rings. The van der Waals surface area contributed by atoms with Gasteiger partial charge in [-0.15, -0.1) is 0 Å². The van der Waals surface area contributed by atoms with Crippen LogP contribution in [0, 0.1) is 0 Å².